The Bertz CT molecular complexity index is 735. The summed E-state index contributed by atoms with van der Waals surface area (Å²) < 4.78 is 5.41. The number of fused-ring (bicyclic) bond motifs is 1. The van der Waals surface area contributed by atoms with Crippen molar-refractivity contribution in [2.75, 3.05) is 0 Å². The number of Topliss-reactive ketones (excluding diaryl/α,β-unsaturated/α-hetero) is 1. The van der Waals surface area contributed by atoms with Gasteiger partial charge in [-0.3, -0.25) is 4.79 Å². The molecule has 4 nitrogen and oxygen atoms in total. The van der Waals surface area contributed by atoms with Gasteiger partial charge in [0.15, 0.2) is 5.78 Å². The van der Waals surface area contributed by atoms with Crippen molar-refractivity contribution >= 4 is 11.8 Å². The molecule has 2 unspecified atom stereocenters. The second-order valence-corrected chi connectivity index (χ2v) is 5.52. The van der Waals surface area contributed by atoms with E-state index in [0.29, 0.717) is 16.7 Å². The first-order valence-corrected chi connectivity index (χ1v) is 7.27. The Morgan fingerprint density at radius 2 is 1.95 bits per heavy atom. The van der Waals surface area contributed by atoms with Crippen molar-refractivity contribution in [2.45, 2.75) is 25.9 Å². The maximum absolute atomic E-state index is 12.6. The molecule has 0 radical (unpaired) electrons. The normalized spacial score (nSPS) is 21.1. The molecule has 0 aromatic heterocycles. The zero-order valence-electron chi connectivity index (χ0n) is 12.2. The van der Waals surface area contributed by atoms with E-state index in [1.54, 1.807) is 31.2 Å². The number of hydrogen-bond acceptors (Lipinski definition) is 4. The Hall–Kier alpha value is -2.67. The number of esters is 1. The van der Waals surface area contributed by atoms with Gasteiger partial charge >= 0.3 is 5.97 Å². The number of ketones is 1. The molecule has 1 aromatic carbocycles. The maximum atomic E-state index is 12.6. The third-order valence-corrected chi connectivity index (χ3v) is 4.12. The average molecular weight is 293 g/mol. The van der Waals surface area contributed by atoms with E-state index in [2.05, 4.69) is 0 Å². The van der Waals surface area contributed by atoms with Gasteiger partial charge in [0, 0.05) is 11.1 Å². The summed E-state index contributed by atoms with van der Waals surface area (Å²) in [5.74, 6) is -0.877. The van der Waals surface area contributed by atoms with Crippen LogP contribution >= 0.6 is 0 Å². The fraction of sp³-hybridized carbons (Fsp3) is 0.278. The predicted molar refractivity (Wildman–Crippen MR) is 79.9 cm³/mol. The lowest BCUT2D eigenvalue weighted by Crippen LogP contribution is -2.27. The monoisotopic (exact) mass is 293 g/mol. The molecule has 3 rings (SSSR count). The fourth-order valence-corrected chi connectivity index (χ4v) is 2.89. The number of cyclic esters (lactones) is 1. The number of hydrogen-bond donors (Lipinski definition) is 0. The Labute approximate surface area is 128 Å². The topological polar surface area (TPSA) is 67.2 Å². The molecule has 110 valence electrons. The van der Waals surface area contributed by atoms with Crippen LogP contribution in [0.5, 0.6) is 0 Å². The molecule has 2 atom stereocenters. The number of ether oxygens (including phenoxy) is 1. The van der Waals surface area contributed by atoms with Crippen LogP contribution in [0.2, 0.25) is 0 Å². The van der Waals surface area contributed by atoms with Gasteiger partial charge in [-0.15, -0.1) is 0 Å². The van der Waals surface area contributed by atoms with Gasteiger partial charge in [-0.25, -0.2) is 4.79 Å². The van der Waals surface area contributed by atoms with Crippen LogP contribution in [-0.2, 0) is 9.53 Å². The van der Waals surface area contributed by atoms with Crippen molar-refractivity contribution in [3.8, 4) is 6.07 Å². The molecule has 1 aromatic rings. The van der Waals surface area contributed by atoms with E-state index in [4.69, 9.17) is 10.00 Å². The molecule has 4 heteroatoms. The lowest BCUT2D eigenvalue weighted by atomic mass is 9.86. The van der Waals surface area contributed by atoms with Crippen molar-refractivity contribution in [1.29, 1.82) is 5.26 Å². The van der Waals surface area contributed by atoms with E-state index < -0.39 is 12.0 Å². The molecule has 0 saturated carbocycles. The van der Waals surface area contributed by atoms with Crippen LogP contribution in [0.4, 0.5) is 0 Å². The highest BCUT2D eigenvalue weighted by Gasteiger charge is 2.40. The van der Waals surface area contributed by atoms with Gasteiger partial charge in [0.2, 0.25) is 0 Å². The van der Waals surface area contributed by atoms with Gasteiger partial charge in [-0.2, -0.15) is 5.26 Å². The minimum absolute atomic E-state index is 0.0880. The number of nitriles is 1. The largest absolute Gasteiger partial charge is 0.453 e. The third-order valence-electron chi connectivity index (χ3n) is 4.12. The summed E-state index contributed by atoms with van der Waals surface area (Å²) >= 11 is 0. The molecule has 0 bridgehead atoms. The number of nitrogens with zero attached hydrogens (tertiary/aromatic N) is 1. The Morgan fingerprint density at radius 3 is 2.64 bits per heavy atom. The molecule has 0 N–H and O–H groups in total. The summed E-state index contributed by atoms with van der Waals surface area (Å²) in [6, 6.07) is 8.54. The Balaban J connectivity index is 1.84. The highest BCUT2D eigenvalue weighted by molar-refractivity contribution is 6.02. The van der Waals surface area contributed by atoms with Gasteiger partial charge in [-0.05, 0) is 25.0 Å². The van der Waals surface area contributed by atoms with Crippen LogP contribution in [-0.4, -0.2) is 17.9 Å². The van der Waals surface area contributed by atoms with Gasteiger partial charge in [0.25, 0.3) is 0 Å². The number of benzene rings is 1. The van der Waals surface area contributed by atoms with Crippen molar-refractivity contribution < 1.29 is 14.3 Å². The molecule has 1 saturated heterocycles. The van der Waals surface area contributed by atoms with Gasteiger partial charge < -0.3 is 4.74 Å². The number of carbonyl (C=O) groups excluding carboxylic acids is 2. The van der Waals surface area contributed by atoms with E-state index >= 15 is 0 Å². The lowest BCUT2D eigenvalue weighted by molar-refractivity contribution is -0.139. The number of carbonyl (C=O) groups is 2. The second-order valence-electron chi connectivity index (χ2n) is 5.52. The van der Waals surface area contributed by atoms with Crippen LogP contribution in [0.15, 0.2) is 47.6 Å². The third kappa shape index (κ3) is 2.35. The fourth-order valence-electron chi connectivity index (χ4n) is 2.89. The molecule has 2 aliphatic rings. The van der Waals surface area contributed by atoms with E-state index in [-0.39, 0.29) is 11.8 Å². The van der Waals surface area contributed by atoms with Crippen LogP contribution in [0, 0.1) is 17.2 Å². The standard InChI is InChI=1S/C18H15NO3/c1-11(16(20)13-8-6-12(10-19)7-9-13)17-14-4-2-3-5-15(14)18(21)22-17/h4-9,11,17H,2-3H2,1H3. The molecule has 0 spiro atoms. The SMILES string of the molecule is CC(C(=O)c1ccc(C#N)cc1)C1OC(=O)C2=CCCC=C21. The second kappa shape index (κ2) is 5.61. The maximum Gasteiger partial charge on any atom is 0.338 e. The number of allylic oxidation sites excluding steroid dienone is 2. The summed E-state index contributed by atoms with van der Waals surface area (Å²) in [6.07, 6.45) is 5.06. The highest BCUT2D eigenvalue weighted by Crippen LogP contribution is 2.36. The molecule has 1 fully saturated rings. The van der Waals surface area contributed by atoms with E-state index in [0.717, 1.165) is 18.4 Å². The predicted octanol–water partition coefficient (Wildman–Crippen LogP) is 2.95. The first-order chi connectivity index (χ1) is 10.6. The smallest absolute Gasteiger partial charge is 0.338 e. The van der Waals surface area contributed by atoms with Crippen LogP contribution in [0.3, 0.4) is 0 Å². The minimum atomic E-state index is -0.512. The van der Waals surface area contributed by atoms with E-state index in [9.17, 15) is 9.59 Å². The summed E-state index contributed by atoms with van der Waals surface area (Å²) in [5, 5.41) is 8.80. The lowest BCUT2D eigenvalue weighted by Gasteiger charge is -2.19. The van der Waals surface area contributed by atoms with E-state index in [1.165, 1.54) is 0 Å². The number of rotatable bonds is 3. The quantitative estimate of drug-likeness (QED) is 0.634. The summed E-state index contributed by atoms with van der Waals surface area (Å²) in [4.78, 5) is 24.5. The van der Waals surface area contributed by atoms with Gasteiger partial charge in [0.1, 0.15) is 6.10 Å². The Morgan fingerprint density at radius 1 is 1.27 bits per heavy atom. The first-order valence-electron chi connectivity index (χ1n) is 7.27. The summed E-state index contributed by atoms with van der Waals surface area (Å²) in [6.45, 7) is 1.77. The first kappa shape index (κ1) is 14.3. The zero-order valence-corrected chi connectivity index (χ0v) is 12.2. The van der Waals surface area contributed by atoms with Crippen molar-refractivity contribution in [2.24, 2.45) is 5.92 Å². The minimum Gasteiger partial charge on any atom is -0.453 e. The average Bonchev–Trinajstić information content (AvgIpc) is 2.91. The summed E-state index contributed by atoms with van der Waals surface area (Å²) in [5.41, 5.74) is 2.48. The van der Waals surface area contributed by atoms with Crippen molar-refractivity contribution in [3.05, 3.63) is 58.7 Å². The Kier molecular flexibility index (Phi) is 3.64. The molecular weight excluding hydrogens is 278 g/mol. The van der Waals surface area contributed by atoms with Crippen LogP contribution < -0.4 is 0 Å². The van der Waals surface area contributed by atoms with Crippen molar-refractivity contribution in [3.63, 3.8) is 0 Å². The molecule has 1 aliphatic heterocycles. The summed E-state index contributed by atoms with van der Waals surface area (Å²) in [7, 11) is 0. The van der Waals surface area contributed by atoms with Crippen LogP contribution in [0.25, 0.3) is 0 Å². The molecule has 1 aliphatic carbocycles. The molecule has 1 heterocycles. The molecule has 0 amide bonds. The van der Waals surface area contributed by atoms with Crippen molar-refractivity contribution in [1.82, 2.24) is 0 Å². The molecule has 22 heavy (non-hydrogen) atoms. The highest BCUT2D eigenvalue weighted by atomic mass is 16.6. The van der Waals surface area contributed by atoms with Gasteiger partial charge in [-0.1, -0.05) is 31.2 Å². The molecular formula is C18H15NO3. The van der Waals surface area contributed by atoms with Gasteiger partial charge in [0.05, 0.1) is 23.1 Å². The van der Waals surface area contributed by atoms with Crippen LogP contribution in [0.1, 0.15) is 35.7 Å². The van der Waals surface area contributed by atoms with E-state index in [1.807, 2.05) is 18.2 Å². The zero-order chi connectivity index (χ0) is 15.7.